The Bertz CT molecular complexity index is 534. The van der Waals surface area contributed by atoms with E-state index in [2.05, 4.69) is 40.4 Å². The molecule has 0 saturated carbocycles. The second kappa shape index (κ2) is 10.0. The summed E-state index contributed by atoms with van der Waals surface area (Å²) in [4.78, 5) is 6.71. The molecule has 1 aliphatic heterocycles. The summed E-state index contributed by atoms with van der Waals surface area (Å²) in [6.07, 6.45) is 2.10. The predicted octanol–water partition coefficient (Wildman–Crippen LogP) is 1.85. The van der Waals surface area contributed by atoms with Crippen LogP contribution >= 0.6 is 0 Å². The van der Waals surface area contributed by atoms with Crippen LogP contribution in [0.25, 0.3) is 0 Å². The van der Waals surface area contributed by atoms with Crippen molar-refractivity contribution in [1.29, 1.82) is 0 Å². The van der Waals surface area contributed by atoms with Crippen LogP contribution in [0.1, 0.15) is 25.8 Å². The van der Waals surface area contributed by atoms with Crippen LogP contribution in [-0.2, 0) is 6.42 Å². The third-order valence-corrected chi connectivity index (χ3v) is 4.07. The summed E-state index contributed by atoms with van der Waals surface area (Å²) in [6, 6.07) is 6.09. The highest BCUT2D eigenvalue weighted by Gasteiger charge is 2.12. The third kappa shape index (κ3) is 5.60. The zero-order valence-corrected chi connectivity index (χ0v) is 15.1. The van der Waals surface area contributed by atoms with Gasteiger partial charge in [0.1, 0.15) is 0 Å². The van der Waals surface area contributed by atoms with Gasteiger partial charge in [0.15, 0.2) is 17.5 Å². The first-order valence-electron chi connectivity index (χ1n) is 8.82. The van der Waals surface area contributed by atoms with Gasteiger partial charge in [0.2, 0.25) is 6.79 Å². The van der Waals surface area contributed by atoms with Crippen molar-refractivity contribution in [1.82, 2.24) is 15.5 Å². The molecule has 0 fully saturated rings. The van der Waals surface area contributed by atoms with E-state index in [1.54, 1.807) is 7.05 Å². The van der Waals surface area contributed by atoms with Gasteiger partial charge in [0, 0.05) is 26.7 Å². The number of aliphatic imine (C=N–C) groups is 1. The highest BCUT2D eigenvalue weighted by atomic mass is 16.7. The minimum Gasteiger partial charge on any atom is -0.454 e. The fraction of sp³-hybridized carbons (Fsp3) is 0.611. The summed E-state index contributed by atoms with van der Waals surface area (Å²) in [7, 11) is 1.81. The number of nitrogens with one attached hydrogen (secondary N) is 2. The predicted molar refractivity (Wildman–Crippen MR) is 98.0 cm³/mol. The van der Waals surface area contributed by atoms with Gasteiger partial charge in [-0.15, -0.1) is 0 Å². The summed E-state index contributed by atoms with van der Waals surface area (Å²) < 4.78 is 10.7. The molecular formula is C18H30N4O2. The van der Waals surface area contributed by atoms with E-state index in [1.807, 2.05) is 12.1 Å². The molecule has 1 aliphatic rings. The second-order valence-electron chi connectivity index (χ2n) is 5.80. The number of fused-ring (bicyclic) bond motifs is 1. The lowest BCUT2D eigenvalue weighted by Crippen LogP contribution is -2.42. The molecule has 1 heterocycles. The average molecular weight is 334 g/mol. The van der Waals surface area contributed by atoms with Gasteiger partial charge in [-0.1, -0.05) is 19.9 Å². The molecule has 2 N–H and O–H groups in total. The Morgan fingerprint density at radius 2 is 1.92 bits per heavy atom. The molecule has 1 aromatic rings. The number of guanidine groups is 1. The maximum Gasteiger partial charge on any atom is 0.231 e. The normalized spacial score (nSPS) is 13.4. The first-order valence-corrected chi connectivity index (χ1v) is 8.82. The molecule has 6 heteroatoms. The van der Waals surface area contributed by atoms with Gasteiger partial charge < -0.3 is 25.0 Å². The molecule has 0 aromatic heterocycles. The van der Waals surface area contributed by atoms with Crippen LogP contribution in [0.15, 0.2) is 23.2 Å². The number of rotatable bonds is 9. The van der Waals surface area contributed by atoms with Crippen LogP contribution in [0.5, 0.6) is 11.5 Å². The van der Waals surface area contributed by atoms with Crippen molar-refractivity contribution in [3.05, 3.63) is 23.8 Å². The van der Waals surface area contributed by atoms with E-state index in [9.17, 15) is 0 Å². The Labute approximate surface area is 145 Å². The molecule has 0 aliphatic carbocycles. The Hall–Kier alpha value is -1.95. The van der Waals surface area contributed by atoms with Gasteiger partial charge >= 0.3 is 0 Å². The van der Waals surface area contributed by atoms with Gasteiger partial charge in [-0.25, -0.2) is 0 Å². The van der Waals surface area contributed by atoms with Crippen LogP contribution in [0.2, 0.25) is 0 Å². The molecule has 0 radical (unpaired) electrons. The Morgan fingerprint density at radius 1 is 1.12 bits per heavy atom. The number of ether oxygens (including phenoxy) is 2. The maximum absolute atomic E-state index is 5.41. The molecule has 6 nitrogen and oxygen atoms in total. The minimum absolute atomic E-state index is 0.320. The molecule has 1 aromatic carbocycles. The molecule has 0 bridgehead atoms. The number of hydrogen-bond donors (Lipinski definition) is 2. The fourth-order valence-corrected chi connectivity index (χ4v) is 2.72. The van der Waals surface area contributed by atoms with Crippen molar-refractivity contribution in [2.75, 3.05) is 46.6 Å². The fourth-order valence-electron chi connectivity index (χ4n) is 2.72. The van der Waals surface area contributed by atoms with Crippen LogP contribution in [0.3, 0.4) is 0 Å². The highest BCUT2D eigenvalue weighted by molar-refractivity contribution is 5.79. The highest BCUT2D eigenvalue weighted by Crippen LogP contribution is 2.32. The van der Waals surface area contributed by atoms with E-state index in [1.165, 1.54) is 12.0 Å². The van der Waals surface area contributed by atoms with E-state index < -0.39 is 0 Å². The lowest BCUT2D eigenvalue weighted by atomic mass is 10.1. The van der Waals surface area contributed by atoms with Crippen LogP contribution in [0, 0.1) is 0 Å². The zero-order valence-electron chi connectivity index (χ0n) is 15.1. The van der Waals surface area contributed by atoms with Crippen molar-refractivity contribution in [2.45, 2.75) is 26.7 Å². The van der Waals surface area contributed by atoms with Gasteiger partial charge in [-0.2, -0.15) is 0 Å². The molecule has 0 amide bonds. The number of hydrogen-bond acceptors (Lipinski definition) is 4. The summed E-state index contributed by atoms with van der Waals surface area (Å²) in [5.74, 6) is 2.52. The smallest absolute Gasteiger partial charge is 0.231 e. The maximum atomic E-state index is 5.41. The summed E-state index contributed by atoms with van der Waals surface area (Å²) in [5, 5.41) is 6.73. The molecule has 0 spiro atoms. The van der Waals surface area contributed by atoms with E-state index in [4.69, 9.17) is 9.47 Å². The lowest BCUT2D eigenvalue weighted by molar-refractivity contribution is 0.174. The van der Waals surface area contributed by atoms with Gasteiger partial charge in [0.25, 0.3) is 0 Å². The summed E-state index contributed by atoms with van der Waals surface area (Å²) in [6.45, 7) is 9.73. The topological polar surface area (TPSA) is 58.1 Å². The van der Waals surface area contributed by atoms with E-state index >= 15 is 0 Å². The third-order valence-electron chi connectivity index (χ3n) is 4.07. The minimum atomic E-state index is 0.320. The molecule has 0 unspecified atom stereocenters. The SMILES string of the molecule is CCCN(CC)CCNC(=NC)NCCc1ccc2c(c1)OCO2. The molecule has 2 rings (SSSR count). The van der Waals surface area contributed by atoms with E-state index in [-0.39, 0.29) is 0 Å². The summed E-state index contributed by atoms with van der Waals surface area (Å²) in [5.41, 5.74) is 1.22. The first-order chi connectivity index (χ1) is 11.8. The molecule has 24 heavy (non-hydrogen) atoms. The average Bonchev–Trinajstić information content (AvgIpc) is 3.07. The molecule has 0 atom stereocenters. The molecule has 134 valence electrons. The van der Waals surface area contributed by atoms with Gasteiger partial charge in [-0.3, -0.25) is 4.99 Å². The monoisotopic (exact) mass is 334 g/mol. The van der Waals surface area contributed by atoms with Crippen LogP contribution in [0.4, 0.5) is 0 Å². The van der Waals surface area contributed by atoms with E-state index in [0.717, 1.165) is 56.6 Å². The number of likely N-dealkylation sites (N-methyl/N-ethyl adjacent to an activating group) is 1. The zero-order chi connectivity index (χ0) is 17.2. The Balaban J connectivity index is 1.68. The van der Waals surface area contributed by atoms with Crippen LogP contribution in [-0.4, -0.2) is 57.4 Å². The van der Waals surface area contributed by atoms with Crippen LogP contribution < -0.4 is 20.1 Å². The van der Waals surface area contributed by atoms with Crippen molar-refractivity contribution in [3.8, 4) is 11.5 Å². The van der Waals surface area contributed by atoms with Crippen molar-refractivity contribution >= 4 is 5.96 Å². The number of nitrogens with zero attached hydrogens (tertiary/aromatic N) is 2. The van der Waals surface area contributed by atoms with Gasteiger partial charge in [-0.05, 0) is 43.6 Å². The van der Waals surface area contributed by atoms with Gasteiger partial charge in [0.05, 0.1) is 0 Å². The van der Waals surface area contributed by atoms with Crippen molar-refractivity contribution in [2.24, 2.45) is 4.99 Å². The van der Waals surface area contributed by atoms with Crippen molar-refractivity contribution in [3.63, 3.8) is 0 Å². The Kier molecular flexibility index (Phi) is 7.68. The summed E-state index contributed by atoms with van der Waals surface area (Å²) >= 11 is 0. The molecule has 0 saturated heterocycles. The van der Waals surface area contributed by atoms with E-state index in [0.29, 0.717) is 6.79 Å². The standard InChI is InChI=1S/C18H30N4O2/c1-4-11-22(5-2)12-10-21-18(19-3)20-9-8-15-6-7-16-17(13-15)24-14-23-16/h6-7,13H,4-5,8-12,14H2,1-3H3,(H2,19,20,21). The second-order valence-corrected chi connectivity index (χ2v) is 5.80. The lowest BCUT2D eigenvalue weighted by Gasteiger charge is -2.20. The largest absolute Gasteiger partial charge is 0.454 e. The molecular weight excluding hydrogens is 304 g/mol. The first kappa shape index (κ1) is 18.4. The quantitative estimate of drug-likeness (QED) is 0.533. The number of benzene rings is 1. The van der Waals surface area contributed by atoms with Crippen molar-refractivity contribution < 1.29 is 9.47 Å². The Morgan fingerprint density at radius 3 is 2.67 bits per heavy atom.